The van der Waals surface area contributed by atoms with Gasteiger partial charge in [0.1, 0.15) is 11.9 Å². The molecular formula is C15H17N3S. The van der Waals surface area contributed by atoms with Crippen LogP contribution in [0.5, 0.6) is 0 Å². The molecule has 0 amide bonds. The highest BCUT2D eigenvalue weighted by atomic mass is 32.1. The molecule has 2 rings (SSSR count). The van der Waals surface area contributed by atoms with E-state index in [1.165, 1.54) is 4.88 Å². The van der Waals surface area contributed by atoms with Gasteiger partial charge in [-0.2, -0.15) is 5.26 Å². The van der Waals surface area contributed by atoms with E-state index in [0.717, 1.165) is 17.8 Å². The van der Waals surface area contributed by atoms with E-state index in [-0.39, 0.29) is 0 Å². The van der Waals surface area contributed by atoms with E-state index in [2.05, 4.69) is 40.4 Å². The minimum Gasteiger partial charge on any atom is -0.356 e. The van der Waals surface area contributed by atoms with Crippen LogP contribution in [0.4, 0.5) is 5.82 Å². The van der Waals surface area contributed by atoms with Crippen LogP contribution in [0.3, 0.4) is 0 Å². The zero-order valence-corrected chi connectivity index (χ0v) is 12.2. The van der Waals surface area contributed by atoms with Crippen LogP contribution in [0.1, 0.15) is 22.9 Å². The number of rotatable bonds is 4. The third kappa shape index (κ3) is 2.94. The summed E-state index contributed by atoms with van der Waals surface area (Å²) in [6.07, 6.45) is 2.73. The van der Waals surface area contributed by atoms with Crippen LogP contribution in [0.25, 0.3) is 0 Å². The molecule has 0 saturated carbocycles. The number of pyridine rings is 1. The summed E-state index contributed by atoms with van der Waals surface area (Å²) in [5.41, 5.74) is 1.64. The largest absolute Gasteiger partial charge is 0.356 e. The number of hydrogen-bond donors (Lipinski definition) is 0. The van der Waals surface area contributed by atoms with Gasteiger partial charge in [-0.3, -0.25) is 0 Å². The molecule has 98 valence electrons. The first-order valence-corrected chi connectivity index (χ1v) is 7.12. The molecule has 0 saturated heterocycles. The normalized spacial score (nSPS) is 11.9. The van der Waals surface area contributed by atoms with Crippen molar-refractivity contribution in [1.82, 2.24) is 4.98 Å². The van der Waals surface area contributed by atoms with Gasteiger partial charge in [-0.1, -0.05) is 6.07 Å². The number of anilines is 1. The van der Waals surface area contributed by atoms with Crippen molar-refractivity contribution in [2.75, 3.05) is 11.9 Å². The lowest BCUT2D eigenvalue weighted by atomic mass is 10.1. The van der Waals surface area contributed by atoms with Crippen LogP contribution < -0.4 is 4.90 Å². The maximum Gasteiger partial charge on any atom is 0.146 e. The Morgan fingerprint density at radius 3 is 2.89 bits per heavy atom. The molecule has 0 aromatic carbocycles. The fourth-order valence-electron chi connectivity index (χ4n) is 2.02. The predicted molar refractivity (Wildman–Crippen MR) is 79.6 cm³/mol. The second kappa shape index (κ2) is 5.85. The molecule has 4 heteroatoms. The molecule has 2 aromatic heterocycles. The van der Waals surface area contributed by atoms with E-state index in [1.807, 2.05) is 20.0 Å². The summed E-state index contributed by atoms with van der Waals surface area (Å²) < 4.78 is 0. The summed E-state index contributed by atoms with van der Waals surface area (Å²) in [6, 6.07) is 8.65. The molecule has 1 unspecified atom stereocenters. The molecule has 2 aromatic rings. The Balaban J connectivity index is 2.22. The molecule has 0 bridgehead atoms. The van der Waals surface area contributed by atoms with Crippen molar-refractivity contribution < 1.29 is 0 Å². The van der Waals surface area contributed by atoms with E-state index in [9.17, 15) is 5.26 Å². The van der Waals surface area contributed by atoms with Crippen molar-refractivity contribution in [1.29, 1.82) is 5.26 Å². The molecule has 19 heavy (non-hydrogen) atoms. The van der Waals surface area contributed by atoms with Crippen LogP contribution in [0.2, 0.25) is 0 Å². The molecule has 0 radical (unpaired) electrons. The Labute approximate surface area is 118 Å². The Kier molecular flexibility index (Phi) is 4.18. The number of nitriles is 1. The molecular weight excluding hydrogens is 254 g/mol. The summed E-state index contributed by atoms with van der Waals surface area (Å²) in [4.78, 5) is 7.81. The third-order valence-corrected chi connectivity index (χ3v) is 4.22. The Morgan fingerprint density at radius 2 is 2.26 bits per heavy atom. The zero-order chi connectivity index (χ0) is 13.8. The highest BCUT2D eigenvalue weighted by Crippen LogP contribution is 2.22. The maximum absolute atomic E-state index is 9.27. The van der Waals surface area contributed by atoms with Gasteiger partial charge in [0.15, 0.2) is 0 Å². The van der Waals surface area contributed by atoms with Crippen molar-refractivity contribution in [3.8, 4) is 6.07 Å². The fourth-order valence-corrected chi connectivity index (χ4v) is 2.84. The first-order valence-electron chi connectivity index (χ1n) is 6.24. The smallest absolute Gasteiger partial charge is 0.146 e. The number of aryl methyl sites for hydroxylation is 1. The van der Waals surface area contributed by atoms with E-state index >= 15 is 0 Å². The number of likely N-dealkylation sites (N-methyl/N-ethyl adjacent to an activating group) is 1. The SMILES string of the molecule is Cc1ccnc(N(C)C(C)Cc2cccs2)c1C#N. The van der Waals surface area contributed by atoms with Gasteiger partial charge in [-0.05, 0) is 36.9 Å². The van der Waals surface area contributed by atoms with Gasteiger partial charge in [0.25, 0.3) is 0 Å². The molecule has 0 spiro atoms. The summed E-state index contributed by atoms with van der Waals surface area (Å²) in [5.74, 6) is 0.770. The van der Waals surface area contributed by atoms with E-state index in [1.54, 1.807) is 17.5 Å². The number of nitrogens with zero attached hydrogens (tertiary/aromatic N) is 3. The molecule has 0 aliphatic rings. The van der Waals surface area contributed by atoms with Crippen molar-refractivity contribution in [3.05, 3.63) is 45.8 Å². The second-order valence-electron chi connectivity index (χ2n) is 4.68. The van der Waals surface area contributed by atoms with E-state index in [0.29, 0.717) is 11.6 Å². The van der Waals surface area contributed by atoms with Gasteiger partial charge in [0.05, 0.1) is 5.56 Å². The topological polar surface area (TPSA) is 39.9 Å². The van der Waals surface area contributed by atoms with Gasteiger partial charge >= 0.3 is 0 Å². The number of aromatic nitrogens is 1. The summed E-state index contributed by atoms with van der Waals surface area (Å²) >= 11 is 1.76. The Bertz CT molecular complexity index is 584. The quantitative estimate of drug-likeness (QED) is 0.855. The summed E-state index contributed by atoms with van der Waals surface area (Å²) in [7, 11) is 2.00. The Morgan fingerprint density at radius 1 is 1.47 bits per heavy atom. The lowest BCUT2D eigenvalue weighted by molar-refractivity contribution is 0.679. The summed E-state index contributed by atoms with van der Waals surface area (Å²) in [6.45, 7) is 4.10. The maximum atomic E-state index is 9.27. The number of hydrogen-bond acceptors (Lipinski definition) is 4. The average molecular weight is 271 g/mol. The lowest BCUT2D eigenvalue weighted by Crippen LogP contribution is -2.32. The predicted octanol–water partition coefficient (Wildman–Crippen LogP) is 3.39. The molecule has 0 aliphatic carbocycles. The van der Waals surface area contributed by atoms with Crippen LogP contribution in [-0.4, -0.2) is 18.1 Å². The molecule has 0 N–H and O–H groups in total. The van der Waals surface area contributed by atoms with E-state index in [4.69, 9.17) is 0 Å². The highest BCUT2D eigenvalue weighted by Gasteiger charge is 2.17. The zero-order valence-electron chi connectivity index (χ0n) is 11.4. The monoisotopic (exact) mass is 271 g/mol. The van der Waals surface area contributed by atoms with Gasteiger partial charge in [-0.25, -0.2) is 4.98 Å². The van der Waals surface area contributed by atoms with Crippen LogP contribution in [0, 0.1) is 18.3 Å². The standard InChI is InChI=1S/C15H17N3S/c1-11-6-7-17-15(14(11)10-16)18(3)12(2)9-13-5-4-8-19-13/h4-8,12H,9H2,1-3H3. The highest BCUT2D eigenvalue weighted by molar-refractivity contribution is 7.09. The van der Waals surface area contributed by atoms with Gasteiger partial charge < -0.3 is 4.90 Å². The van der Waals surface area contributed by atoms with Gasteiger partial charge in [0.2, 0.25) is 0 Å². The molecule has 1 atom stereocenters. The van der Waals surface area contributed by atoms with Crippen molar-refractivity contribution in [2.45, 2.75) is 26.3 Å². The summed E-state index contributed by atoms with van der Waals surface area (Å²) in [5, 5.41) is 11.4. The molecule has 0 aliphatic heterocycles. The third-order valence-electron chi connectivity index (χ3n) is 3.32. The van der Waals surface area contributed by atoms with Crippen LogP contribution in [-0.2, 0) is 6.42 Å². The lowest BCUT2D eigenvalue weighted by Gasteiger charge is -2.26. The van der Waals surface area contributed by atoms with Crippen molar-refractivity contribution >= 4 is 17.2 Å². The van der Waals surface area contributed by atoms with Crippen molar-refractivity contribution in [3.63, 3.8) is 0 Å². The Hall–Kier alpha value is -1.86. The van der Waals surface area contributed by atoms with Gasteiger partial charge in [-0.15, -0.1) is 11.3 Å². The first-order chi connectivity index (χ1) is 9.13. The van der Waals surface area contributed by atoms with Crippen LogP contribution in [0.15, 0.2) is 29.8 Å². The molecule has 3 nitrogen and oxygen atoms in total. The second-order valence-corrected chi connectivity index (χ2v) is 5.71. The fraction of sp³-hybridized carbons (Fsp3) is 0.333. The number of thiophene rings is 1. The van der Waals surface area contributed by atoms with Gasteiger partial charge in [0, 0.05) is 30.6 Å². The first kappa shape index (κ1) is 13.6. The average Bonchev–Trinajstić information content (AvgIpc) is 2.90. The minimum absolute atomic E-state index is 0.306. The van der Waals surface area contributed by atoms with Crippen LogP contribution >= 0.6 is 11.3 Å². The molecule has 2 heterocycles. The molecule has 0 fully saturated rings. The van der Waals surface area contributed by atoms with Crippen molar-refractivity contribution in [2.24, 2.45) is 0 Å². The minimum atomic E-state index is 0.306. The van der Waals surface area contributed by atoms with E-state index < -0.39 is 0 Å².